The molecule has 2 N–H and O–H groups in total. The second-order valence-electron chi connectivity index (χ2n) is 8.65. The predicted octanol–water partition coefficient (Wildman–Crippen LogP) is 1.32. The summed E-state index contributed by atoms with van der Waals surface area (Å²) in [5.74, 6) is 0.700. The number of likely N-dealkylation sites (tertiary alicyclic amines) is 1. The Balaban J connectivity index is 1.54. The van der Waals surface area contributed by atoms with Crippen molar-refractivity contribution in [3.8, 4) is 17.1 Å². The fraction of sp³-hybridized carbons (Fsp3) is 0.360. The van der Waals surface area contributed by atoms with E-state index in [-0.39, 0.29) is 30.6 Å². The van der Waals surface area contributed by atoms with E-state index < -0.39 is 0 Å². The molecule has 8 nitrogen and oxygen atoms in total. The molecule has 33 heavy (non-hydrogen) atoms. The summed E-state index contributed by atoms with van der Waals surface area (Å²) >= 11 is 0. The van der Waals surface area contributed by atoms with Gasteiger partial charge in [-0.15, -0.1) is 0 Å². The van der Waals surface area contributed by atoms with E-state index in [4.69, 9.17) is 4.74 Å². The monoisotopic (exact) mass is 445 g/mol. The van der Waals surface area contributed by atoms with Crippen LogP contribution >= 0.6 is 0 Å². The summed E-state index contributed by atoms with van der Waals surface area (Å²) in [6.07, 6.45) is 11.1. The first kappa shape index (κ1) is 21.3. The van der Waals surface area contributed by atoms with Crippen LogP contribution in [0.25, 0.3) is 23.5 Å². The molecule has 0 saturated carbocycles. The second kappa shape index (κ2) is 8.78. The lowest BCUT2D eigenvalue weighted by atomic mass is 9.88. The van der Waals surface area contributed by atoms with Crippen molar-refractivity contribution in [3.63, 3.8) is 0 Å². The van der Waals surface area contributed by atoms with Gasteiger partial charge in [0.2, 0.25) is 5.91 Å². The molecule has 0 aromatic carbocycles. The van der Waals surface area contributed by atoms with Gasteiger partial charge in [-0.1, -0.05) is 6.08 Å². The molecule has 4 heterocycles. The third-order valence-electron chi connectivity index (χ3n) is 6.40. The zero-order valence-corrected chi connectivity index (χ0v) is 18.7. The minimum Gasteiger partial charge on any atom is -0.484 e. The molecular formula is C25H27N5O3. The van der Waals surface area contributed by atoms with E-state index in [1.807, 2.05) is 17.9 Å². The Labute approximate surface area is 191 Å². The number of carbonyl (C=O) groups is 1. The summed E-state index contributed by atoms with van der Waals surface area (Å²) in [7, 11) is 0. The van der Waals surface area contributed by atoms with E-state index in [1.54, 1.807) is 31.6 Å². The molecule has 1 aliphatic carbocycles. The van der Waals surface area contributed by atoms with Crippen LogP contribution < -0.4 is 15.3 Å². The van der Waals surface area contributed by atoms with Crippen LogP contribution in [0.2, 0.25) is 0 Å². The molecule has 1 saturated heterocycles. The number of aliphatic hydroxyl groups is 1. The van der Waals surface area contributed by atoms with Gasteiger partial charge in [0.05, 0.1) is 36.1 Å². The average molecular weight is 446 g/mol. The highest BCUT2D eigenvalue weighted by molar-refractivity contribution is 5.74. The van der Waals surface area contributed by atoms with Gasteiger partial charge in [-0.2, -0.15) is 0 Å². The first-order chi connectivity index (χ1) is 16.0. The zero-order valence-electron chi connectivity index (χ0n) is 18.7. The van der Waals surface area contributed by atoms with E-state index in [0.717, 1.165) is 47.0 Å². The van der Waals surface area contributed by atoms with E-state index in [2.05, 4.69) is 38.2 Å². The van der Waals surface area contributed by atoms with Crippen LogP contribution in [0.15, 0.2) is 36.8 Å². The van der Waals surface area contributed by atoms with Crippen molar-refractivity contribution < 1.29 is 14.6 Å². The summed E-state index contributed by atoms with van der Waals surface area (Å²) in [5.41, 5.74) is 3.13. The van der Waals surface area contributed by atoms with E-state index >= 15 is 0 Å². The molecule has 3 atom stereocenters. The van der Waals surface area contributed by atoms with Crippen LogP contribution in [0.4, 0.5) is 0 Å². The summed E-state index contributed by atoms with van der Waals surface area (Å²) in [6, 6.07) is 5.69. The van der Waals surface area contributed by atoms with Gasteiger partial charge in [0.15, 0.2) is 0 Å². The number of aliphatic hydroxyl groups excluding tert-OH is 1. The van der Waals surface area contributed by atoms with Crippen molar-refractivity contribution in [3.05, 3.63) is 58.7 Å². The Morgan fingerprint density at radius 3 is 2.79 bits per heavy atom. The zero-order chi connectivity index (χ0) is 22.9. The number of nitrogens with one attached hydrogen (secondary N) is 1. The number of H-pyrrole nitrogens is 1. The first-order valence-corrected chi connectivity index (χ1v) is 11.2. The summed E-state index contributed by atoms with van der Waals surface area (Å²) < 4.78 is 6.38. The van der Waals surface area contributed by atoms with Gasteiger partial charge >= 0.3 is 0 Å². The molecule has 2 unspecified atom stereocenters. The van der Waals surface area contributed by atoms with Gasteiger partial charge in [0.1, 0.15) is 17.5 Å². The Hall–Kier alpha value is -3.52. The molecule has 0 radical (unpaired) electrons. The van der Waals surface area contributed by atoms with Crippen molar-refractivity contribution in [1.82, 2.24) is 24.8 Å². The van der Waals surface area contributed by atoms with E-state index in [9.17, 15) is 9.90 Å². The Bertz CT molecular complexity index is 1270. The topological polar surface area (TPSA) is 104 Å². The number of aromatic nitrogens is 4. The number of hydrogen-bond acceptors (Lipinski definition) is 6. The van der Waals surface area contributed by atoms with Crippen LogP contribution in [-0.2, 0) is 11.4 Å². The number of hydrogen-bond donors (Lipinski definition) is 2. The van der Waals surface area contributed by atoms with Gasteiger partial charge in [-0.25, -0.2) is 0 Å². The van der Waals surface area contributed by atoms with Crippen LogP contribution in [0.5, 0.6) is 5.75 Å². The van der Waals surface area contributed by atoms with Crippen LogP contribution in [0.3, 0.4) is 0 Å². The lowest BCUT2D eigenvalue weighted by Gasteiger charge is -2.34. The number of rotatable bonds is 5. The Morgan fingerprint density at radius 2 is 2.09 bits per heavy atom. The number of fused-ring (bicyclic) bond motifs is 1. The number of aromatic amines is 1. The molecule has 1 aliphatic heterocycles. The minimum absolute atomic E-state index is 0.0166. The maximum absolute atomic E-state index is 12.3. The highest BCUT2D eigenvalue weighted by Crippen LogP contribution is 2.31. The van der Waals surface area contributed by atoms with Gasteiger partial charge in [0, 0.05) is 37.0 Å². The molecule has 8 heteroatoms. The van der Waals surface area contributed by atoms with Gasteiger partial charge < -0.3 is 19.7 Å². The molecule has 1 fully saturated rings. The lowest BCUT2D eigenvalue weighted by molar-refractivity contribution is -0.130. The maximum Gasteiger partial charge on any atom is 0.219 e. The molecule has 0 bridgehead atoms. The molecule has 170 valence electrons. The maximum atomic E-state index is 12.3. The SMILES string of the molecule is CC(=O)N1CCC[C@@H]1C1C=c2[nH]c(-c3cnc(C)cn3)cc2=CC1Oc1ccc(CO)nc1. The van der Waals surface area contributed by atoms with Gasteiger partial charge in [-0.05, 0) is 49.3 Å². The fourth-order valence-electron chi connectivity index (χ4n) is 4.76. The predicted molar refractivity (Wildman–Crippen MR) is 123 cm³/mol. The van der Waals surface area contributed by atoms with Crippen molar-refractivity contribution in [2.24, 2.45) is 5.92 Å². The standard InChI is InChI=1S/C25H27N5O3/c1-15-11-28-23(13-26-15)22-8-17-9-25(33-19-6-5-18(14-31)27-12-19)20(10-21(17)29-22)24-4-3-7-30(24)16(2)32/h5-6,8-13,20,24-25,29,31H,3-4,7,14H2,1-2H3/t20?,24-,25?/m1/s1. The highest BCUT2D eigenvalue weighted by Gasteiger charge is 2.38. The number of amides is 1. The average Bonchev–Trinajstić information content (AvgIpc) is 3.46. The largest absolute Gasteiger partial charge is 0.484 e. The van der Waals surface area contributed by atoms with E-state index in [0.29, 0.717) is 11.4 Å². The van der Waals surface area contributed by atoms with Crippen molar-refractivity contribution in [2.75, 3.05) is 6.54 Å². The van der Waals surface area contributed by atoms with Gasteiger partial charge in [-0.3, -0.25) is 19.7 Å². The van der Waals surface area contributed by atoms with Crippen molar-refractivity contribution >= 4 is 18.1 Å². The third-order valence-corrected chi connectivity index (χ3v) is 6.40. The van der Waals surface area contributed by atoms with Crippen molar-refractivity contribution in [2.45, 2.75) is 45.4 Å². The van der Waals surface area contributed by atoms with Crippen LogP contribution in [-0.4, -0.2) is 54.5 Å². The minimum atomic E-state index is -0.267. The fourth-order valence-corrected chi connectivity index (χ4v) is 4.76. The smallest absolute Gasteiger partial charge is 0.219 e. The summed E-state index contributed by atoms with van der Waals surface area (Å²) in [6.45, 7) is 4.20. The Kier molecular flexibility index (Phi) is 5.68. The number of aryl methyl sites for hydroxylation is 1. The van der Waals surface area contributed by atoms with Crippen LogP contribution in [0, 0.1) is 12.8 Å². The quantitative estimate of drug-likeness (QED) is 0.614. The number of pyridine rings is 1. The molecule has 0 spiro atoms. The van der Waals surface area contributed by atoms with Gasteiger partial charge in [0.25, 0.3) is 0 Å². The number of ether oxygens (including phenoxy) is 1. The molecule has 3 aromatic rings. The molecular weight excluding hydrogens is 418 g/mol. The molecule has 3 aromatic heterocycles. The first-order valence-electron chi connectivity index (χ1n) is 11.2. The second-order valence-corrected chi connectivity index (χ2v) is 8.65. The Morgan fingerprint density at radius 1 is 1.21 bits per heavy atom. The summed E-state index contributed by atoms with van der Waals surface area (Å²) in [4.78, 5) is 30.8. The normalized spacial score (nSPS) is 21.8. The highest BCUT2D eigenvalue weighted by atomic mass is 16.5. The van der Waals surface area contributed by atoms with Crippen LogP contribution in [0.1, 0.15) is 31.2 Å². The molecule has 1 amide bonds. The summed E-state index contributed by atoms with van der Waals surface area (Å²) in [5, 5.41) is 11.3. The third kappa shape index (κ3) is 4.26. The number of nitrogens with zero attached hydrogens (tertiary/aromatic N) is 4. The number of carbonyl (C=O) groups excluding carboxylic acids is 1. The molecule has 5 rings (SSSR count). The van der Waals surface area contributed by atoms with Crippen molar-refractivity contribution in [1.29, 1.82) is 0 Å². The lowest BCUT2D eigenvalue weighted by Crippen LogP contribution is -2.47. The molecule has 2 aliphatic rings. The van der Waals surface area contributed by atoms with E-state index in [1.165, 1.54) is 0 Å².